The first kappa shape index (κ1) is 17.1. The van der Waals surface area contributed by atoms with Crippen LogP contribution in [0.4, 0.5) is 0 Å². The number of nitrogens with two attached hydrogens (primary N) is 2. The summed E-state index contributed by atoms with van der Waals surface area (Å²) in [7, 11) is 0. The van der Waals surface area contributed by atoms with Gasteiger partial charge in [-0.1, -0.05) is 26.2 Å². The molecule has 0 aromatic carbocycles. The first-order valence-corrected chi connectivity index (χ1v) is 6.79. The van der Waals surface area contributed by atoms with Crippen molar-refractivity contribution in [1.29, 1.82) is 0 Å². The van der Waals surface area contributed by atoms with Crippen LogP contribution in [-0.4, -0.2) is 30.3 Å². The van der Waals surface area contributed by atoms with Crippen molar-refractivity contribution in [2.75, 3.05) is 6.54 Å². The molecule has 0 aromatic heterocycles. The van der Waals surface area contributed by atoms with Gasteiger partial charge in [0, 0.05) is 0 Å². The summed E-state index contributed by atoms with van der Waals surface area (Å²) in [6.45, 7) is 4.17. The van der Waals surface area contributed by atoms with E-state index in [0.717, 1.165) is 25.7 Å². The first-order valence-electron chi connectivity index (χ1n) is 6.79. The molecule has 0 heterocycles. The molecule has 0 bridgehead atoms. The average Bonchev–Trinajstić information content (AvgIpc) is 2.33. The molecule has 0 fully saturated rings. The third-order valence-corrected chi connectivity index (χ3v) is 2.96. The molecule has 0 saturated carbocycles. The lowest BCUT2D eigenvalue weighted by Gasteiger charge is -2.18. The molecule has 0 aliphatic heterocycles. The van der Waals surface area contributed by atoms with E-state index in [9.17, 15) is 9.59 Å². The number of carbonyl (C=O) groups is 2. The Bertz CT molecular complexity index is 257. The molecule has 106 valence electrons. The van der Waals surface area contributed by atoms with E-state index in [2.05, 4.69) is 12.2 Å². The summed E-state index contributed by atoms with van der Waals surface area (Å²) in [4.78, 5) is 23.2. The smallest absolute Gasteiger partial charge is 0.237 e. The third kappa shape index (κ3) is 7.40. The van der Waals surface area contributed by atoms with Gasteiger partial charge in [-0.25, -0.2) is 0 Å². The van der Waals surface area contributed by atoms with Crippen LogP contribution in [0.2, 0.25) is 0 Å². The highest BCUT2D eigenvalue weighted by atomic mass is 16.2. The number of ketones is 1. The van der Waals surface area contributed by atoms with Crippen LogP contribution in [0.1, 0.15) is 52.4 Å². The highest BCUT2D eigenvalue weighted by molar-refractivity contribution is 5.89. The molecule has 0 spiro atoms. The SMILES string of the molecule is CCCC[C@H](NC(=O)[C@@H](N)CCCCN)C(C)=O. The summed E-state index contributed by atoms with van der Waals surface area (Å²) in [6, 6.07) is -0.932. The summed E-state index contributed by atoms with van der Waals surface area (Å²) in [5.41, 5.74) is 11.2. The van der Waals surface area contributed by atoms with Crippen LogP contribution < -0.4 is 16.8 Å². The van der Waals surface area contributed by atoms with Crippen molar-refractivity contribution in [3.63, 3.8) is 0 Å². The van der Waals surface area contributed by atoms with E-state index in [1.165, 1.54) is 6.92 Å². The van der Waals surface area contributed by atoms with Crippen molar-refractivity contribution in [1.82, 2.24) is 5.32 Å². The number of hydrogen-bond donors (Lipinski definition) is 3. The van der Waals surface area contributed by atoms with Crippen LogP contribution in [0.3, 0.4) is 0 Å². The van der Waals surface area contributed by atoms with Crippen molar-refractivity contribution >= 4 is 11.7 Å². The second-order valence-corrected chi connectivity index (χ2v) is 4.71. The number of hydrogen-bond acceptors (Lipinski definition) is 4. The molecule has 0 aliphatic rings. The van der Waals surface area contributed by atoms with Crippen molar-refractivity contribution in [3.05, 3.63) is 0 Å². The zero-order chi connectivity index (χ0) is 14.0. The topological polar surface area (TPSA) is 98.2 Å². The average molecular weight is 257 g/mol. The van der Waals surface area contributed by atoms with Crippen LogP contribution in [0.15, 0.2) is 0 Å². The van der Waals surface area contributed by atoms with Gasteiger partial charge in [0.15, 0.2) is 5.78 Å². The maximum Gasteiger partial charge on any atom is 0.237 e. The molecule has 0 radical (unpaired) electrons. The maximum absolute atomic E-state index is 11.8. The van der Waals surface area contributed by atoms with Crippen LogP contribution in [0.5, 0.6) is 0 Å². The predicted molar refractivity (Wildman–Crippen MR) is 73.0 cm³/mol. The standard InChI is InChI=1S/C13H27N3O2/c1-3-4-8-12(10(2)17)16-13(18)11(15)7-5-6-9-14/h11-12H,3-9,14-15H2,1-2H3,(H,16,18)/t11-,12-/m0/s1. The number of Topliss-reactive ketones (excluding diaryl/α,β-unsaturated/α-hetero) is 1. The van der Waals surface area contributed by atoms with Gasteiger partial charge >= 0.3 is 0 Å². The fraction of sp³-hybridized carbons (Fsp3) is 0.846. The lowest BCUT2D eigenvalue weighted by Crippen LogP contribution is -2.47. The normalized spacial score (nSPS) is 14.0. The minimum Gasteiger partial charge on any atom is -0.345 e. The Hall–Kier alpha value is -0.940. The highest BCUT2D eigenvalue weighted by Gasteiger charge is 2.20. The zero-order valence-electron chi connectivity index (χ0n) is 11.6. The third-order valence-electron chi connectivity index (χ3n) is 2.96. The summed E-state index contributed by atoms with van der Waals surface area (Å²) in [5.74, 6) is -0.241. The highest BCUT2D eigenvalue weighted by Crippen LogP contribution is 2.04. The molecule has 5 heteroatoms. The molecule has 2 atom stereocenters. The van der Waals surface area contributed by atoms with Crippen LogP contribution in [0.25, 0.3) is 0 Å². The van der Waals surface area contributed by atoms with E-state index in [4.69, 9.17) is 11.5 Å². The summed E-state index contributed by atoms with van der Waals surface area (Å²) in [6.07, 6.45) is 4.93. The molecule has 0 saturated heterocycles. The lowest BCUT2D eigenvalue weighted by atomic mass is 10.0. The van der Waals surface area contributed by atoms with E-state index in [-0.39, 0.29) is 11.7 Å². The van der Waals surface area contributed by atoms with E-state index in [1.807, 2.05) is 0 Å². The monoisotopic (exact) mass is 257 g/mol. The molecule has 0 aliphatic carbocycles. The van der Waals surface area contributed by atoms with Gasteiger partial charge in [0.1, 0.15) is 0 Å². The molecule has 1 amide bonds. The largest absolute Gasteiger partial charge is 0.345 e. The molecule has 5 N–H and O–H groups in total. The Morgan fingerprint density at radius 3 is 2.33 bits per heavy atom. The number of amides is 1. The van der Waals surface area contributed by atoms with Gasteiger partial charge in [-0.05, 0) is 32.7 Å². The fourth-order valence-corrected chi connectivity index (χ4v) is 1.70. The molecule has 0 unspecified atom stereocenters. The van der Waals surface area contributed by atoms with Gasteiger partial charge in [-0.15, -0.1) is 0 Å². The maximum atomic E-state index is 11.8. The lowest BCUT2D eigenvalue weighted by molar-refractivity contribution is -0.128. The Kier molecular flexibility index (Phi) is 9.50. The minimum atomic E-state index is -0.542. The van der Waals surface area contributed by atoms with E-state index < -0.39 is 12.1 Å². The zero-order valence-corrected chi connectivity index (χ0v) is 11.6. The Labute approximate surface area is 110 Å². The second-order valence-electron chi connectivity index (χ2n) is 4.71. The quantitative estimate of drug-likeness (QED) is 0.502. The number of carbonyl (C=O) groups excluding carboxylic acids is 2. The van der Waals surface area contributed by atoms with Crippen LogP contribution in [0, 0.1) is 0 Å². The molecule has 0 rings (SSSR count). The minimum absolute atomic E-state index is 0.00837. The first-order chi connectivity index (χ1) is 8.52. The fourth-order valence-electron chi connectivity index (χ4n) is 1.70. The van der Waals surface area contributed by atoms with Crippen molar-refractivity contribution in [2.24, 2.45) is 11.5 Å². The van der Waals surface area contributed by atoms with Gasteiger partial charge in [0.25, 0.3) is 0 Å². The van der Waals surface area contributed by atoms with E-state index in [1.54, 1.807) is 0 Å². The number of nitrogens with one attached hydrogen (secondary N) is 1. The Morgan fingerprint density at radius 2 is 1.83 bits per heavy atom. The van der Waals surface area contributed by atoms with Gasteiger partial charge in [0.2, 0.25) is 5.91 Å². The summed E-state index contributed by atoms with van der Waals surface area (Å²) in [5, 5.41) is 2.73. The van der Waals surface area contributed by atoms with E-state index in [0.29, 0.717) is 19.4 Å². The number of unbranched alkanes of at least 4 members (excludes halogenated alkanes) is 2. The summed E-state index contributed by atoms with van der Waals surface area (Å²) >= 11 is 0. The van der Waals surface area contributed by atoms with Crippen LogP contribution in [-0.2, 0) is 9.59 Å². The second kappa shape index (κ2) is 10.0. The van der Waals surface area contributed by atoms with Gasteiger partial charge in [-0.3, -0.25) is 9.59 Å². The molecule has 5 nitrogen and oxygen atoms in total. The van der Waals surface area contributed by atoms with Crippen molar-refractivity contribution in [3.8, 4) is 0 Å². The molecular weight excluding hydrogens is 230 g/mol. The van der Waals surface area contributed by atoms with Crippen molar-refractivity contribution in [2.45, 2.75) is 64.5 Å². The van der Waals surface area contributed by atoms with Gasteiger partial charge < -0.3 is 16.8 Å². The molecule has 0 aromatic rings. The Morgan fingerprint density at radius 1 is 1.17 bits per heavy atom. The summed E-state index contributed by atoms with van der Waals surface area (Å²) < 4.78 is 0. The number of rotatable bonds is 10. The van der Waals surface area contributed by atoms with Gasteiger partial charge in [0.05, 0.1) is 12.1 Å². The van der Waals surface area contributed by atoms with Crippen LogP contribution >= 0.6 is 0 Å². The van der Waals surface area contributed by atoms with Crippen molar-refractivity contribution < 1.29 is 9.59 Å². The molecule has 18 heavy (non-hydrogen) atoms. The predicted octanol–water partition coefficient (Wildman–Crippen LogP) is 0.707. The Balaban J connectivity index is 4.10. The van der Waals surface area contributed by atoms with E-state index >= 15 is 0 Å². The van der Waals surface area contributed by atoms with Gasteiger partial charge in [-0.2, -0.15) is 0 Å². The molecular formula is C13H27N3O2.